The third-order valence-corrected chi connectivity index (χ3v) is 9.17. The maximum Gasteiger partial charge on any atom is 0.160 e. The molecule has 0 aliphatic heterocycles. The van der Waals surface area contributed by atoms with Crippen molar-refractivity contribution < 1.29 is 0 Å². The quantitative estimate of drug-likeness (QED) is 0.145. The fraction of sp³-hybridized carbons (Fsp3) is 0.225. The number of hydrogen-bond acceptors (Lipinski definition) is 5. The van der Waals surface area contributed by atoms with Gasteiger partial charge in [-0.05, 0) is 104 Å². The molecule has 0 saturated carbocycles. The van der Waals surface area contributed by atoms with E-state index in [1.54, 1.807) is 0 Å². The highest BCUT2D eigenvalue weighted by Crippen LogP contribution is 2.34. The molecule has 0 radical (unpaired) electrons. The van der Waals surface area contributed by atoms with Crippen molar-refractivity contribution in [1.82, 2.24) is 19.9 Å². The molecule has 3 aromatic heterocycles. The molecule has 6 nitrogen and oxygen atoms in total. The van der Waals surface area contributed by atoms with Crippen LogP contribution in [0.15, 0.2) is 102 Å². The van der Waals surface area contributed by atoms with E-state index in [4.69, 9.17) is 30.7 Å². The highest BCUT2D eigenvalue weighted by Gasteiger charge is 2.22. The van der Waals surface area contributed by atoms with Crippen LogP contribution >= 0.6 is 0 Å². The summed E-state index contributed by atoms with van der Waals surface area (Å²) in [6.45, 7) is 8.22. The topological polar surface area (TPSA) is 89.9 Å². The van der Waals surface area contributed by atoms with Crippen molar-refractivity contribution >= 4 is 11.5 Å². The Labute approximate surface area is 270 Å². The molecule has 0 saturated heterocycles. The van der Waals surface area contributed by atoms with Gasteiger partial charge in [0.2, 0.25) is 0 Å². The minimum atomic E-state index is 0.504. The lowest BCUT2D eigenvalue weighted by Gasteiger charge is -2.20. The van der Waals surface area contributed by atoms with Crippen molar-refractivity contribution in [3.63, 3.8) is 0 Å². The number of nitrogens with zero attached hydrogens (tertiary/aromatic N) is 5. The molecule has 0 bridgehead atoms. The zero-order valence-corrected chi connectivity index (χ0v) is 26.6. The van der Waals surface area contributed by atoms with Gasteiger partial charge in [-0.3, -0.25) is 9.97 Å². The lowest BCUT2D eigenvalue weighted by Crippen LogP contribution is -2.17. The summed E-state index contributed by atoms with van der Waals surface area (Å²) in [6, 6.07) is 25.1. The normalized spacial score (nSPS) is 14.0. The van der Waals surface area contributed by atoms with Crippen LogP contribution in [0.4, 0.5) is 0 Å². The Balaban J connectivity index is 1.11. The average molecular weight is 603 g/mol. The Morgan fingerprint density at radius 2 is 1.37 bits per heavy atom. The number of rotatable bonds is 8. The van der Waals surface area contributed by atoms with Crippen molar-refractivity contribution in [1.29, 1.82) is 0 Å². The zero-order chi connectivity index (χ0) is 31.6. The van der Waals surface area contributed by atoms with Crippen LogP contribution in [0.2, 0.25) is 0 Å². The molecule has 228 valence electrons. The monoisotopic (exact) mass is 602 g/mol. The number of benzene rings is 2. The van der Waals surface area contributed by atoms with Crippen LogP contribution in [0, 0.1) is 13.8 Å². The summed E-state index contributed by atoms with van der Waals surface area (Å²) < 4.78 is 0. The number of amidine groups is 1. The summed E-state index contributed by atoms with van der Waals surface area (Å²) >= 11 is 0. The molecule has 6 heteroatoms. The molecule has 0 fully saturated rings. The van der Waals surface area contributed by atoms with E-state index >= 15 is 0 Å². The fourth-order valence-electron chi connectivity index (χ4n) is 6.52. The minimum absolute atomic E-state index is 0.504. The van der Waals surface area contributed by atoms with E-state index in [9.17, 15) is 0 Å². The van der Waals surface area contributed by atoms with Crippen molar-refractivity contribution in [2.45, 2.75) is 58.8 Å². The number of pyridine rings is 2. The number of aromatic nitrogens is 4. The Hall–Kier alpha value is -5.23. The Kier molecular flexibility index (Phi) is 8.10. The van der Waals surface area contributed by atoms with Crippen LogP contribution in [0.3, 0.4) is 0 Å². The molecular weight excluding hydrogens is 564 g/mol. The van der Waals surface area contributed by atoms with Gasteiger partial charge in [0.1, 0.15) is 5.84 Å². The molecule has 0 atom stereocenters. The van der Waals surface area contributed by atoms with Crippen molar-refractivity contribution in [2.24, 2.45) is 10.7 Å². The SMILES string of the molecule is C=CC1=C(N=C(N)c2ccccc2C)c2nc(CCCc3ccc4c(n3)-c3nc(-c5ccccc5C)ncc3CC4)ccc2CC1. The summed E-state index contributed by atoms with van der Waals surface area (Å²) in [4.78, 5) is 25.0. The Bertz CT molecular complexity index is 2040. The molecule has 0 unspecified atom stereocenters. The Morgan fingerprint density at radius 1 is 0.739 bits per heavy atom. The number of allylic oxidation sites excluding steroid dienone is 2. The third kappa shape index (κ3) is 5.79. The highest BCUT2D eigenvalue weighted by atomic mass is 14.9. The largest absolute Gasteiger partial charge is 0.383 e. The van der Waals surface area contributed by atoms with E-state index in [2.05, 4.69) is 62.9 Å². The molecule has 0 spiro atoms. The predicted molar refractivity (Wildman–Crippen MR) is 186 cm³/mol. The number of fused-ring (bicyclic) bond motifs is 4. The van der Waals surface area contributed by atoms with Gasteiger partial charge < -0.3 is 5.73 Å². The summed E-state index contributed by atoms with van der Waals surface area (Å²) in [5, 5.41) is 0. The summed E-state index contributed by atoms with van der Waals surface area (Å²) in [5.74, 6) is 1.26. The van der Waals surface area contributed by atoms with Crippen LogP contribution in [0.5, 0.6) is 0 Å². The smallest absolute Gasteiger partial charge is 0.160 e. The molecule has 2 N–H and O–H groups in total. The number of nitrogens with two attached hydrogens (primary N) is 1. The third-order valence-electron chi connectivity index (χ3n) is 9.17. The first kappa shape index (κ1) is 29.5. The molecule has 2 aromatic carbocycles. The first-order valence-corrected chi connectivity index (χ1v) is 16.1. The first-order chi connectivity index (χ1) is 22.5. The van der Waals surface area contributed by atoms with E-state index in [0.29, 0.717) is 5.84 Å². The second-order valence-electron chi connectivity index (χ2n) is 12.2. The van der Waals surface area contributed by atoms with Gasteiger partial charge in [0.05, 0.1) is 22.8 Å². The lowest BCUT2D eigenvalue weighted by atomic mass is 9.92. The number of hydrogen-bond donors (Lipinski definition) is 1. The van der Waals surface area contributed by atoms with Crippen LogP contribution in [0.25, 0.3) is 28.5 Å². The molecule has 46 heavy (non-hydrogen) atoms. The maximum absolute atomic E-state index is 6.54. The maximum atomic E-state index is 6.54. The fourth-order valence-corrected chi connectivity index (χ4v) is 6.52. The highest BCUT2D eigenvalue weighted by molar-refractivity contribution is 6.02. The van der Waals surface area contributed by atoms with Crippen molar-refractivity contribution in [2.75, 3.05) is 0 Å². The second-order valence-corrected chi connectivity index (χ2v) is 12.2. The van der Waals surface area contributed by atoms with E-state index < -0.39 is 0 Å². The first-order valence-electron chi connectivity index (χ1n) is 16.1. The van der Waals surface area contributed by atoms with E-state index in [0.717, 1.165) is 107 Å². The second kappa shape index (κ2) is 12.6. The summed E-state index contributed by atoms with van der Waals surface area (Å²) in [5.41, 5.74) is 21.4. The Morgan fingerprint density at radius 3 is 2.11 bits per heavy atom. The summed E-state index contributed by atoms with van der Waals surface area (Å²) in [6.07, 6.45) is 10.2. The molecule has 2 aliphatic carbocycles. The molecule has 2 aliphatic rings. The zero-order valence-electron chi connectivity index (χ0n) is 26.6. The number of aliphatic imine (C=N–C) groups is 1. The van der Waals surface area contributed by atoms with Gasteiger partial charge in [-0.15, -0.1) is 0 Å². The lowest BCUT2D eigenvalue weighted by molar-refractivity contribution is 0.772. The average Bonchev–Trinajstić information content (AvgIpc) is 3.08. The summed E-state index contributed by atoms with van der Waals surface area (Å²) in [7, 11) is 0. The predicted octanol–water partition coefficient (Wildman–Crippen LogP) is 7.74. The van der Waals surface area contributed by atoms with E-state index in [1.165, 1.54) is 22.3 Å². The van der Waals surface area contributed by atoms with Gasteiger partial charge in [0.15, 0.2) is 5.82 Å². The van der Waals surface area contributed by atoms with E-state index in [-0.39, 0.29) is 0 Å². The molecule has 5 aromatic rings. The van der Waals surface area contributed by atoms with E-state index in [1.807, 2.05) is 42.6 Å². The van der Waals surface area contributed by atoms with Crippen LogP contribution < -0.4 is 5.73 Å². The minimum Gasteiger partial charge on any atom is -0.383 e. The molecule has 0 amide bonds. The van der Waals surface area contributed by atoms with Gasteiger partial charge in [-0.25, -0.2) is 15.0 Å². The molecular formula is C40H38N6. The van der Waals surface area contributed by atoms with Gasteiger partial charge >= 0.3 is 0 Å². The van der Waals surface area contributed by atoms with Crippen molar-refractivity contribution in [3.8, 4) is 22.8 Å². The van der Waals surface area contributed by atoms with Gasteiger partial charge in [0.25, 0.3) is 0 Å². The molecule has 3 heterocycles. The van der Waals surface area contributed by atoms with Gasteiger partial charge in [0, 0.05) is 28.7 Å². The standard InChI is InChI=1S/C40H38N6/c1-4-27-16-17-28-20-22-31(43-36(28)35(27)45-39(41)33-14-7-5-10-25(33)2)12-9-13-32-23-21-29-18-19-30-24-42-40(46-38(30)37(29)44-32)34-15-8-6-11-26(34)3/h4-8,10-11,14-15,20-24H,1,9,12-13,16-19H2,2-3H3,(H2,41,45). The van der Waals surface area contributed by atoms with Crippen LogP contribution in [-0.2, 0) is 32.1 Å². The van der Waals surface area contributed by atoms with Crippen LogP contribution in [0.1, 0.15) is 63.3 Å². The van der Waals surface area contributed by atoms with Crippen LogP contribution in [-0.4, -0.2) is 25.8 Å². The molecule has 7 rings (SSSR count). The van der Waals surface area contributed by atoms with Gasteiger partial charge in [-0.1, -0.05) is 73.3 Å². The number of aryl methyl sites for hydroxylation is 7. The van der Waals surface area contributed by atoms with Gasteiger partial charge in [-0.2, -0.15) is 0 Å². The van der Waals surface area contributed by atoms with Crippen molar-refractivity contribution in [3.05, 3.63) is 148 Å².